The van der Waals surface area contributed by atoms with E-state index in [9.17, 15) is 8.78 Å². The van der Waals surface area contributed by atoms with Gasteiger partial charge in [0.25, 0.3) is 0 Å². The standard InChI is InChI=1S/C15H23F2N3/c1-18-15(11-6-12(16)8-13(17)7-11)9-14-10-19(2)4-5-20(14)3/h6-8,14-15,18H,4-5,9-10H2,1-3H3. The summed E-state index contributed by atoms with van der Waals surface area (Å²) in [5.41, 5.74) is 0.673. The highest BCUT2D eigenvalue weighted by atomic mass is 19.1. The number of piperazine rings is 1. The first kappa shape index (κ1) is 15.4. The Labute approximate surface area is 119 Å². The van der Waals surface area contributed by atoms with Crippen molar-refractivity contribution in [3.63, 3.8) is 0 Å². The highest BCUT2D eigenvalue weighted by Crippen LogP contribution is 2.23. The summed E-state index contributed by atoms with van der Waals surface area (Å²) in [4.78, 5) is 4.61. The fourth-order valence-electron chi connectivity index (χ4n) is 2.82. The van der Waals surface area contributed by atoms with Crippen molar-refractivity contribution < 1.29 is 8.78 Å². The number of hydrogen-bond acceptors (Lipinski definition) is 3. The van der Waals surface area contributed by atoms with Gasteiger partial charge in [-0.3, -0.25) is 0 Å². The average Bonchev–Trinajstić information content (AvgIpc) is 2.38. The lowest BCUT2D eigenvalue weighted by atomic mass is 9.97. The monoisotopic (exact) mass is 283 g/mol. The van der Waals surface area contributed by atoms with Crippen LogP contribution >= 0.6 is 0 Å². The number of nitrogens with zero attached hydrogens (tertiary/aromatic N) is 2. The molecule has 0 bridgehead atoms. The minimum Gasteiger partial charge on any atom is -0.313 e. The molecule has 0 amide bonds. The predicted octanol–water partition coefficient (Wildman–Crippen LogP) is 1.86. The topological polar surface area (TPSA) is 18.5 Å². The summed E-state index contributed by atoms with van der Waals surface area (Å²) in [5.74, 6) is -1.04. The van der Waals surface area contributed by atoms with Gasteiger partial charge in [0.15, 0.2) is 0 Å². The Morgan fingerprint density at radius 3 is 2.45 bits per heavy atom. The van der Waals surface area contributed by atoms with Gasteiger partial charge in [-0.1, -0.05) is 0 Å². The van der Waals surface area contributed by atoms with Crippen molar-refractivity contribution in [1.82, 2.24) is 15.1 Å². The van der Waals surface area contributed by atoms with Crippen LogP contribution in [0.2, 0.25) is 0 Å². The van der Waals surface area contributed by atoms with Gasteiger partial charge in [-0.05, 0) is 45.3 Å². The van der Waals surface area contributed by atoms with E-state index >= 15 is 0 Å². The Balaban J connectivity index is 2.11. The Hall–Kier alpha value is -1.04. The van der Waals surface area contributed by atoms with Crippen LogP contribution in [0.1, 0.15) is 18.0 Å². The van der Waals surface area contributed by atoms with Crippen LogP contribution in [0.25, 0.3) is 0 Å². The van der Waals surface area contributed by atoms with Gasteiger partial charge in [-0.25, -0.2) is 8.78 Å². The normalized spacial score (nSPS) is 22.9. The predicted molar refractivity (Wildman–Crippen MR) is 76.7 cm³/mol. The molecule has 2 rings (SSSR count). The van der Waals surface area contributed by atoms with Crippen LogP contribution < -0.4 is 5.32 Å². The zero-order valence-electron chi connectivity index (χ0n) is 12.4. The molecule has 0 saturated carbocycles. The maximum absolute atomic E-state index is 13.4. The van der Waals surface area contributed by atoms with Crippen molar-refractivity contribution in [1.29, 1.82) is 0 Å². The third-order valence-electron chi connectivity index (χ3n) is 4.12. The first-order valence-corrected chi connectivity index (χ1v) is 7.01. The van der Waals surface area contributed by atoms with Crippen LogP contribution in [-0.4, -0.2) is 56.6 Å². The number of hydrogen-bond donors (Lipinski definition) is 1. The van der Waals surface area contributed by atoms with Gasteiger partial charge < -0.3 is 15.1 Å². The number of halogens is 2. The summed E-state index contributed by atoms with van der Waals surface area (Å²) < 4.78 is 26.7. The molecule has 20 heavy (non-hydrogen) atoms. The fraction of sp³-hybridized carbons (Fsp3) is 0.600. The average molecular weight is 283 g/mol. The summed E-state index contributed by atoms with van der Waals surface area (Å²) >= 11 is 0. The molecule has 112 valence electrons. The van der Waals surface area contributed by atoms with Crippen molar-refractivity contribution in [2.24, 2.45) is 0 Å². The number of likely N-dealkylation sites (N-methyl/N-ethyl adjacent to an activating group) is 2. The molecule has 1 aliphatic heterocycles. The molecule has 1 fully saturated rings. The maximum atomic E-state index is 13.4. The smallest absolute Gasteiger partial charge is 0.126 e. The molecule has 1 aromatic rings. The van der Waals surface area contributed by atoms with E-state index in [-0.39, 0.29) is 6.04 Å². The van der Waals surface area contributed by atoms with Crippen LogP contribution in [-0.2, 0) is 0 Å². The highest BCUT2D eigenvalue weighted by Gasteiger charge is 2.25. The Morgan fingerprint density at radius 1 is 1.20 bits per heavy atom. The molecule has 2 atom stereocenters. The lowest BCUT2D eigenvalue weighted by Crippen LogP contribution is -2.50. The zero-order chi connectivity index (χ0) is 14.7. The molecule has 1 aliphatic rings. The highest BCUT2D eigenvalue weighted by molar-refractivity contribution is 5.21. The van der Waals surface area contributed by atoms with Gasteiger partial charge in [0, 0.05) is 37.8 Å². The van der Waals surface area contributed by atoms with E-state index < -0.39 is 11.6 Å². The maximum Gasteiger partial charge on any atom is 0.126 e. The van der Waals surface area contributed by atoms with E-state index in [1.165, 1.54) is 12.1 Å². The SMILES string of the molecule is CNC(CC1CN(C)CCN1C)c1cc(F)cc(F)c1. The van der Waals surface area contributed by atoms with Crippen LogP contribution in [0.15, 0.2) is 18.2 Å². The van der Waals surface area contributed by atoms with Crippen molar-refractivity contribution in [2.45, 2.75) is 18.5 Å². The summed E-state index contributed by atoms with van der Waals surface area (Å²) in [6.07, 6.45) is 0.834. The molecule has 1 saturated heterocycles. The molecule has 0 radical (unpaired) electrons. The Kier molecular flexibility index (Phi) is 5.07. The largest absolute Gasteiger partial charge is 0.313 e. The molecule has 0 aromatic heterocycles. The molecule has 0 aliphatic carbocycles. The van der Waals surface area contributed by atoms with Gasteiger partial charge in [0.1, 0.15) is 11.6 Å². The van der Waals surface area contributed by atoms with Crippen molar-refractivity contribution in [3.05, 3.63) is 35.4 Å². The van der Waals surface area contributed by atoms with Gasteiger partial charge >= 0.3 is 0 Å². The summed E-state index contributed by atoms with van der Waals surface area (Å²) in [5, 5.41) is 3.18. The van der Waals surface area contributed by atoms with E-state index in [0.29, 0.717) is 11.6 Å². The molecule has 2 unspecified atom stereocenters. The molecule has 3 nitrogen and oxygen atoms in total. The van der Waals surface area contributed by atoms with Crippen molar-refractivity contribution >= 4 is 0 Å². The molecular weight excluding hydrogens is 260 g/mol. The number of nitrogens with one attached hydrogen (secondary N) is 1. The summed E-state index contributed by atoms with van der Waals surface area (Å²) in [6.45, 7) is 3.06. The van der Waals surface area contributed by atoms with Crippen LogP contribution in [0.3, 0.4) is 0 Å². The Morgan fingerprint density at radius 2 is 1.85 bits per heavy atom. The van der Waals surface area contributed by atoms with Gasteiger partial charge in [-0.2, -0.15) is 0 Å². The van der Waals surface area contributed by atoms with E-state index in [0.717, 1.165) is 32.1 Å². The second-order valence-corrected chi connectivity index (χ2v) is 5.68. The van der Waals surface area contributed by atoms with Crippen LogP contribution in [0, 0.1) is 11.6 Å². The zero-order valence-corrected chi connectivity index (χ0v) is 12.4. The van der Waals surface area contributed by atoms with E-state index in [1.54, 1.807) is 0 Å². The van der Waals surface area contributed by atoms with Crippen LogP contribution in [0.5, 0.6) is 0 Å². The van der Waals surface area contributed by atoms with Gasteiger partial charge in [0.2, 0.25) is 0 Å². The summed E-state index contributed by atoms with van der Waals surface area (Å²) in [6, 6.07) is 4.08. The van der Waals surface area contributed by atoms with Crippen molar-refractivity contribution in [3.8, 4) is 0 Å². The lowest BCUT2D eigenvalue weighted by molar-refractivity contribution is 0.102. The third kappa shape index (κ3) is 3.75. The van der Waals surface area contributed by atoms with E-state index in [1.807, 2.05) is 7.05 Å². The number of benzene rings is 1. The van der Waals surface area contributed by atoms with E-state index in [2.05, 4.69) is 29.2 Å². The molecule has 5 heteroatoms. The Bertz CT molecular complexity index is 432. The minimum atomic E-state index is -0.519. The molecule has 1 heterocycles. The number of rotatable bonds is 4. The summed E-state index contributed by atoms with van der Waals surface area (Å²) in [7, 11) is 6.05. The third-order valence-corrected chi connectivity index (χ3v) is 4.12. The molecular formula is C15H23F2N3. The molecule has 0 spiro atoms. The van der Waals surface area contributed by atoms with Crippen molar-refractivity contribution in [2.75, 3.05) is 40.8 Å². The van der Waals surface area contributed by atoms with E-state index in [4.69, 9.17) is 0 Å². The molecule has 1 N–H and O–H groups in total. The second-order valence-electron chi connectivity index (χ2n) is 5.68. The minimum absolute atomic E-state index is 0.0425. The molecule has 1 aromatic carbocycles. The van der Waals surface area contributed by atoms with Gasteiger partial charge in [-0.15, -0.1) is 0 Å². The second kappa shape index (κ2) is 6.61. The lowest BCUT2D eigenvalue weighted by Gasteiger charge is -2.39. The quantitative estimate of drug-likeness (QED) is 0.910. The fourth-order valence-corrected chi connectivity index (χ4v) is 2.82. The first-order chi connectivity index (χ1) is 9.49. The first-order valence-electron chi connectivity index (χ1n) is 7.01. The van der Waals surface area contributed by atoms with Gasteiger partial charge in [0.05, 0.1) is 0 Å². The van der Waals surface area contributed by atoms with Crippen LogP contribution in [0.4, 0.5) is 8.78 Å².